The first-order valence-electron chi connectivity index (χ1n) is 5.38. The lowest BCUT2D eigenvalue weighted by molar-refractivity contribution is 0.0916. The van der Waals surface area contributed by atoms with Crippen LogP contribution in [0.4, 0.5) is 4.79 Å². The predicted molar refractivity (Wildman–Crippen MR) is 60.8 cm³/mol. The summed E-state index contributed by atoms with van der Waals surface area (Å²) in [5.41, 5.74) is 7.39. The van der Waals surface area contributed by atoms with Crippen molar-refractivity contribution in [2.75, 3.05) is 6.61 Å². The molecule has 1 aromatic carbocycles. The SMILES string of the molecule is CC1(c2ccc(CN)cc2)CCOC(=O)N1. The topological polar surface area (TPSA) is 64.3 Å². The largest absolute Gasteiger partial charge is 0.449 e. The first kappa shape index (κ1) is 11.0. The quantitative estimate of drug-likeness (QED) is 0.793. The molecule has 0 aliphatic carbocycles. The number of ether oxygens (including phenoxy) is 1. The molecule has 3 N–H and O–H groups in total. The third-order valence-corrected chi connectivity index (χ3v) is 3.04. The molecule has 1 unspecified atom stereocenters. The minimum absolute atomic E-state index is 0.331. The number of nitrogens with one attached hydrogen (secondary N) is 1. The molecule has 4 nitrogen and oxygen atoms in total. The standard InChI is InChI=1S/C12H16N2O2/c1-12(6-7-16-11(15)14-12)10-4-2-9(8-13)3-5-10/h2-5H,6-8,13H2,1H3,(H,14,15). The average Bonchev–Trinajstić information content (AvgIpc) is 2.29. The summed E-state index contributed by atoms with van der Waals surface area (Å²) in [5.74, 6) is 0. The van der Waals surface area contributed by atoms with Crippen molar-refractivity contribution in [3.8, 4) is 0 Å². The van der Waals surface area contributed by atoms with Crippen molar-refractivity contribution >= 4 is 6.09 Å². The molecule has 16 heavy (non-hydrogen) atoms. The average molecular weight is 220 g/mol. The van der Waals surface area contributed by atoms with Crippen LogP contribution in [0.25, 0.3) is 0 Å². The van der Waals surface area contributed by atoms with Gasteiger partial charge in [0.05, 0.1) is 12.1 Å². The van der Waals surface area contributed by atoms with Gasteiger partial charge in [-0.2, -0.15) is 0 Å². The Balaban J connectivity index is 2.24. The van der Waals surface area contributed by atoms with E-state index >= 15 is 0 Å². The zero-order chi connectivity index (χ0) is 11.6. The number of carbonyl (C=O) groups is 1. The van der Waals surface area contributed by atoms with Gasteiger partial charge in [0.2, 0.25) is 0 Å². The second kappa shape index (κ2) is 4.14. The summed E-state index contributed by atoms with van der Waals surface area (Å²) in [5, 5.41) is 2.85. The fourth-order valence-electron chi connectivity index (χ4n) is 1.90. The van der Waals surface area contributed by atoms with E-state index in [-0.39, 0.29) is 11.6 Å². The number of alkyl carbamates (subject to hydrolysis) is 1. The number of rotatable bonds is 2. The molecule has 0 saturated carbocycles. The molecule has 0 spiro atoms. The molecule has 0 radical (unpaired) electrons. The van der Waals surface area contributed by atoms with Crippen LogP contribution in [0.2, 0.25) is 0 Å². The molecule has 1 fully saturated rings. The van der Waals surface area contributed by atoms with Crippen molar-refractivity contribution in [3.05, 3.63) is 35.4 Å². The minimum Gasteiger partial charge on any atom is -0.449 e. The maximum atomic E-state index is 11.2. The van der Waals surface area contributed by atoms with Gasteiger partial charge in [0.1, 0.15) is 0 Å². The van der Waals surface area contributed by atoms with Crippen LogP contribution in [-0.2, 0) is 16.8 Å². The molecule has 1 atom stereocenters. The molecule has 4 heteroatoms. The van der Waals surface area contributed by atoms with E-state index in [0.29, 0.717) is 13.2 Å². The van der Waals surface area contributed by atoms with E-state index in [1.165, 1.54) is 0 Å². The summed E-state index contributed by atoms with van der Waals surface area (Å²) in [4.78, 5) is 11.2. The number of cyclic esters (lactones) is 1. The maximum Gasteiger partial charge on any atom is 0.407 e. The van der Waals surface area contributed by atoms with E-state index in [1.807, 2.05) is 31.2 Å². The highest BCUT2D eigenvalue weighted by Crippen LogP contribution is 2.27. The molecule has 86 valence electrons. The number of amides is 1. The predicted octanol–water partition coefficient (Wildman–Crippen LogP) is 1.49. The Hall–Kier alpha value is -1.55. The summed E-state index contributed by atoms with van der Waals surface area (Å²) < 4.78 is 4.87. The van der Waals surface area contributed by atoms with Gasteiger partial charge in [-0.15, -0.1) is 0 Å². The van der Waals surface area contributed by atoms with Crippen molar-refractivity contribution in [2.24, 2.45) is 5.73 Å². The lowest BCUT2D eigenvalue weighted by Crippen LogP contribution is -2.48. The van der Waals surface area contributed by atoms with E-state index in [4.69, 9.17) is 10.5 Å². The third kappa shape index (κ3) is 2.02. The summed E-state index contributed by atoms with van der Waals surface area (Å²) in [6.45, 7) is 3.00. The highest BCUT2D eigenvalue weighted by atomic mass is 16.6. The molecule has 1 heterocycles. The number of hydrogen-bond donors (Lipinski definition) is 2. The highest BCUT2D eigenvalue weighted by Gasteiger charge is 2.32. The van der Waals surface area contributed by atoms with E-state index in [2.05, 4.69) is 5.32 Å². The Morgan fingerprint density at radius 3 is 2.69 bits per heavy atom. The Labute approximate surface area is 94.8 Å². The second-order valence-corrected chi connectivity index (χ2v) is 4.24. The zero-order valence-corrected chi connectivity index (χ0v) is 9.32. The summed E-state index contributed by atoms with van der Waals surface area (Å²) >= 11 is 0. The van der Waals surface area contributed by atoms with E-state index in [0.717, 1.165) is 17.5 Å². The van der Waals surface area contributed by atoms with Crippen molar-refractivity contribution in [2.45, 2.75) is 25.4 Å². The van der Waals surface area contributed by atoms with Gasteiger partial charge in [0.25, 0.3) is 0 Å². The second-order valence-electron chi connectivity index (χ2n) is 4.24. The Morgan fingerprint density at radius 1 is 1.44 bits per heavy atom. The van der Waals surface area contributed by atoms with Crippen molar-refractivity contribution in [1.82, 2.24) is 5.32 Å². The van der Waals surface area contributed by atoms with Crippen molar-refractivity contribution in [1.29, 1.82) is 0 Å². The number of carbonyl (C=O) groups excluding carboxylic acids is 1. The zero-order valence-electron chi connectivity index (χ0n) is 9.32. The van der Waals surface area contributed by atoms with Crippen LogP contribution in [0.15, 0.2) is 24.3 Å². The lowest BCUT2D eigenvalue weighted by atomic mass is 9.88. The first-order chi connectivity index (χ1) is 7.64. The minimum atomic E-state index is -0.350. The van der Waals surface area contributed by atoms with Crippen LogP contribution in [0.5, 0.6) is 0 Å². The molecular formula is C12H16N2O2. The first-order valence-corrected chi connectivity index (χ1v) is 5.38. The van der Waals surface area contributed by atoms with Gasteiger partial charge < -0.3 is 15.8 Å². The van der Waals surface area contributed by atoms with E-state index < -0.39 is 0 Å². The number of hydrogen-bond acceptors (Lipinski definition) is 3. The fraction of sp³-hybridized carbons (Fsp3) is 0.417. The number of nitrogens with two attached hydrogens (primary N) is 1. The van der Waals surface area contributed by atoms with Crippen LogP contribution in [0.1, 0.15) is 24.5 Å². The van der Waals surface area contributed by atoms with Gasteiger partial charge in [-0.1, -0.05) is 24.3 Å². The van der Waals surface area contributed by atoms with Gasteiger partial charge in [-0.25, -0.2) is 4.79 Å². The molecule has 1 aromatic rings. The Morgan fingerprint density at radius 2 is 2.12 bits per heavy atom. The Bertz CT molecular complexity index is 389. The fourth-order valence-corrected chi connectivity index (χ4v) is 1.90. The van der Waals surface area contributed by atoms with E-state index in [9.17, 15) is 4.79 Å². The van der Waals surface area contributed by atoms with Gasteiger partial charge in [0, 0.05) is 13.0 Å². The van der Waals surface area contributed by atoms with Crippen LogP contribution in [-0.4, -0.2) is 12.7 Å². The normalized spacial score (nSPS) is 24.8. The monoisotopic (exact) mass is 220 g/mol. The van der Waals surface area contributed by atoms with Crippen LogP contribution in [0, 0.1) is 0 Å². The molecular weight excluding hydrogens is 204 g/mol. The highest BCUT2D eigenvalue weighted by molar-refractivity contribution is 5.69. The van der Waals surface area contributed by atoms with Gasteiger partial charge in [-0.3, -0.25) is 0 Å². The van der Waals surface area contributed by atoms with Gasteiger partial charge in [0.15, 0.2) is 0 Å². The van der Waals surface area contributed by atoms with Gasteiger partial charge >= 0.3 is 6.09 Å². The molecule has 1 amide bonds. The van der Waals surface area contributed by atoms with Crippen molar-refractivity contribution < 1.29 is 9.53 Å². The molecule has 1 aliphatic rings. The van der Waals surface area contributed by atoms with Crippen LogP contribution in [0.3, 0.4) is 0 Å². The molecule has 2 rings (SSSR count). The molecule has 1 aliphatic heterocycles. The lowest BCUT2D eigenvalue weighted by Gasteiger charge is -2.34. The van der Waals surface area contributed by atoms with Crippen LogP contribution < -0.4 is 11.1 Å². The smallest absolute Gasteiger partial charge is 0.407 e. The summed E-state index contributed by atoms with van der Waals surface area (Å²) in [7, 11) is 0. The third-order valence-electron chi connectivity index (χ3n) is 3.04. The van der Waals surface area contributed by atoms with E-state index in [1.54, 1.807) is 0 Å². The summed E-state index contributed by atoms with van der Waals surface area (Å²) in [6, 6.07) is 7.99. The van der Waals surface area contributed by atoms with Crippen LogP contribution >= 0.6 is 0 Å². The Kier molecular flexibility index (Phi) is 2.83. The molecule has 0 aromatic heterocycles. The molecule has 0 bridgehead atoms. The van der Waals surface area contributed by atoms with Gasteiger partial charge in [-0.05, 0) is 18.1 Å². The maximum absolute atomic E-state index is 11.2. The molecule has 1 saturated heterocycles. The summed E-state index contributed by atoms with van der Waals surface area (Å²) in [6.07, 6.45) is 0.428. The number of benzene rings is 1. The van der Waals surface area contributed by atoms with Crippen molar-refractivity contribution in [3.63, 3.8) is 0 Å².